The van der Waals surface area contributed by atoms with Gasteiger partial charge in [0.15, 0.2) is 0 Å². The van der Waals surface area contributed by atoms with Gasteiger partial charge in [0.2, 0.25) is 5.91 Å². The van der Waals surface area contributed by atoms with Crippen molar-refractivity contribution in [2.45, 2.75) is 19.8 Å². The minimum atomic E-state index is -0.790. The largest absolute Gasteiger partial charge is 0.513 e. The first-order valence-corrected chi connectivity index (χ1v) is 10.2. The molecule has 0 radical (unpaired) electrons. The van der Waals surface area contributed by atoms with Crippen LogP contribution in [0, 0.1) is 5.82 Å². The van der Waals surface area contributed by atoms with Gasteiger partial charge in [-0.3, -0.25) is 9.59 Å². The molecule has 0 aromatic heterocycles. The fourth-order valence-electron chi connectivity index (χ4n) is 3.31. The maximum Gasteiger partial charge on any atom is 0.513 e. The predicted molar refractivity (Wildman–Crippen MR) is 111 cm³/mol. The van der Waals surface area contributed by atoms with Gasteiger partial charge < -0.3 is 19.3 Å². The van der Waals surface area contributed by atoms with Crippen LogP contribution in [0.1, 0.15) is 29.3 Å². The van der Waals surface area contributed by atoms with E-state index in [1.807, 2.05) is 0 Å². The van der Waals surface area contributed by atoms with Gasteiger partial charge in [-0.05, 0) is 55.3 Å². The van der Waals surface area contributed by atoms with Crippen LogP contribution < -0.4 is 4.74 Å². The summed E-state index contributed by atoms with van der Waals surface area (Å²) in [4.78, 5) is 40.0. The molecule has 2 amide bonds. The molecule has 0 saturated carbocycles. The van der Waals surface area contributed by atoms with Gasteiger partial charge in [0, 0.05) is 38.2 Å². The highest BCUT2D eigenvalue weighted by Gasteiger charge is 2.24. The number of carbonyl (C=O) groups is 3. The van der Waals surface area contributed by atoms with E-state index >= 15 is 0 Å². The number of aryl methyl sites for hydroxylation is 1. The summed E-state index contributed by atoms with van der Waals surface area (Å²) in [6.07, 6.45) is 0.113. The molecule has 31 heavy (non-hydrogen) atoms. The van der Waals surface area contributed by atoms with Gasteiger partial charge in [0.05, 0.1) is 6.61 Å². The molecule has 164 valence electrons. The number of carbonyl (C=O) groups excluding carboxylic acids is 3. The summed E-state index contributed by atoms with van der Waals surface area (Å²) >= 11 is 0. The molecular weight excluding hydrogens is 403 g/mol. The Labute approximate surface area is 180 Å². The fourth-order valence-corrected chi connectivity index (χ4v) is 3.31. The Balaban J connectivity index is 1.46. The molecule has 1 heterocycles. The van der Waals surface area contributed by atoms with E-state index in [4.69, 9.17) is 9.47 Å². The fraction of sp³-hybridized carbons (Fsp3) is 0.348. The normalized spacial score (nSPS) is 13.6. The van der Waals surface area contributed by atoms with Gasteiger partial charge in [-0.25, -0.2) is 9.18 Å². The summed E-state index contributed by atoms with van der Waals surface area (Å²) in [6.45, 7) is 3.73. The van der Waals surface area contributed by atoms with Gasteiger partial charge >= 0.3 is 6.16 Å². The van der Waals surface area contributed by atoms with E-state index < -0.39 is 6.16 Å². The third kappa shape index (κ3) is 6.28. The van der Waals surface area contributed by atoms with Crippen LogP contribution in [0.25, 0.3) is 0 Å². The Morgan fingerprint density at radius 1 is 0.903 bits per heavy atom. The zero-order chi connectivity index (χ0) is 22.2. The first-order valence-electron chi connectivity index (χ1n) is 10.2. The van der Waals surface area contributed by atoms with Crippen molar-refractivity contribution in [3.63, 3.8) is 0 Å². The Hall–Kier alpha value is -3.42. The summed E-state index contributed by atoms with van der Waals surface area (Å²) in [5.74, 6) is -0.110. The summed E-state index contributed by atoms with van der Waals surface area (Å²) in [5.41, 5.74) is 1.39. The molecular formula is C23H25FN2O5. The maximum absolute atomic E-state index is 13.0. The van der Waals surface area contributed by atoms with Crippen LogP contribution >= 0.6 is 0 Å². The first-order chi connectivity index (χ1) is 15.0. The van der Waals surface area contributed by atoms with Crippen molar-refractivity contribution in [3.05, 3.63) is 65.5 Å². The van der Waals surface area contributed by atoms with Crippen LogP contribution in [0.5, 0.6) is 5.75 Å². The van der Waals surface area contributed by atoms with Crippen LogP contribution in [0.3, 0.4) is 0 Å². The zero-order valence-corrected chi connectivity index (χ0v) is 17.4. The Kier molecular flexibility index (Phi) is 7.59. The van der Waals surface area contributed by atoms with Crippen molar-refractivity contribution < 1.29 is 28.2 Å². The summed E-state index contributed by atoms with van der Waals surface area (Å²) in [5, 5.41) is 0. The lowest BCUT2D eigenvalue weighted by atomic mass is 10.1. The van der Waals surface area contributed by atoms with E-state index in [9.17, 15) is 18.8 Å². The monoisotopic (exact) mass is 428 g/mol. The van der Waals surface area contributed by atoms with E-state index in [1.54, 1.807) is 53.1 Å². The highest BCUT2D eigenvalue weighted by Crippen LogP contribution is 2.16. The molecule has 2 aromatic carbocycles. The number of nitrogens with zero attached hydrogens (tertiary/aromatic N) is 2. The number of benzene rings is 2. The maximum atomic E-state index is 13.0. The number of hydrogen-bond acceptors (Lipinski definition) is 5. The number of hydrogen-bond donors (Lipinski definition) is 0. The molecule has 0 atom stereocenters. The van der Waals surface area contributed by atoms with Gasteiger partial charge in [-0.2, -0.15) is 0 Å². The van der Waals surface area contributed by atoms with Crippen molar-refractivity contribution in [2.24, 2.45) is 0 Å². The minimum Gasteiger partial charge on any atom is -0.434 e. The van der Waals surface area contributed by atoms with Crippen LogP contribution in [-0.4, -0.2) is 60.6 Å². The smallest absolute Gasteiger partial charge is 0.434 e. The summed E-state index contributed by atoms with van der Waals surface area (Å²) in [6, 6.07) is 12.4. The SMILES string of the molecule is CCOC(=O)Oc1ccc(C(=O)N2CCN(C(=O)CCc3ccc(F)cc3)CC2)cc1. The molecule has 1 aliphatic rings. The highest BCUT2D eigenvalue weighted by atomic mass is 19.1. The van der Waals surface area contributed by atoms with Crippen LogP contribution in [0.4, 0.5) is 9.18 Å². The minimum absolute atomic E-state index is 0.0249. The van der Waals surface area contributed by atoms with E-state index in [-0.39, 0.29) is 24.2 Å². The second-order valence-electron chi connectivity index (χ2n) is 7.11. The average Bonchev–Trinajstić information content (AvgIpc) is 2.79. The molecule has 0 unspecified atom stereocenters. The lowest BCUT2D eigenvalue weighted by molar-refractivity contribution is -0.132. The van der Waals surface area contributed by atoms with Crippen molar-refractivity contribution in [1.82, 2.24) is 9.80 Å². The molecule has 8 heteroatoms. The molecule has 0 N–H and O–H groups in total. The van der Waals surface area contributed by atoms with E-state index in [2.05, 4.69) is 0 Å². The molecule has 3 rings (SSSR count). The molecule has 7 nitrogen and oxygen atoms in total. The number of halogens is 1. The number of amides is 2. The molecule has 0 spiro atoms. The van der Waals surface area contributed by atoms with Gasteiger partial charge in [-0.1, -0.05) is 12.1 Å². The van der Waals surface area contributed by atoms with E-state index in [0.717, 1.165) is 5.56 Å². The van der Waals surface area contributed by atoms with Gasteiger partial charge in [-0.15, -0.1) is 0 Å². The third-order valence-corrected chi connectivity index (χ3v) is 5.03. The topological polar surface area (TPSA) is 76.2 Å². The van der Waals surface area contributed by atoms with E-state index in [1.165, 1.54) is 12.1 Å². The second-order valence-corrected chi connectivity index (χ2v) is 7.11. The van der Waals surface area contributed by atoms with Crippen LogP contribution in [-0.2, 0) is 16.0 Å². The molecule has 1 fully saturated rings. The predicted octanol–water partition coefficient (Wildman–Crippen LogP) is 3.28. The number of ether oxygens (including phenoxy) is 2. The van der Waals surface area contributed by atoms with E-state index in [0.29, 0.717) is 50.3 Å². The second kappa shape index (κ2) is 10.6. The van der Waals surface area contributed by atoms with Gasteiger partial charge in [0.25, 0.3) is 5.91 Å². The Bertz CT molecular complexity index is 907. The molecule has 1 saturated heterocycles. The quantitative estimate of drug-likeness (QED) is 0.521. The first kappa shape index (κ1) is 22.3. The van der Waals surface area contributed by atoms with Crippen molar-refractivity contribution in [1.29, 1.82) is 0 Å². The summed E-state index contributed by atoms with van der Waals surface area (Å²) in [7, 11) is 0. The lowest BCUT2D eigenvalue weighted by Gasteiger charge is -2.35. The summed E-state index contributed by atoms with van der Waals surface area (Å²) < 4.78 is 22.7. The van der Waals surface area contributed by atoms with Crippen molar-refractivity contribution >= 4 is 18.0 Å². The Morgan fingerprint density at radius 3 is 2.13 bits per heavy atom. The third-order valence-electron chi connectivity index (χ3n) is 5.03. The van der Waals surface area contributed by atoms with Crippen LogP contribution in [0.15, 0.2) is 48.5 Å². The standard InChI is InChI=1S/C23H25FN2O5/c1-2-30-23(29)31-20-10-6-18(7-11-20)22(28)26-15-13-25(14-16-26)21(27)12-5-17-3-8-19(24)9-4-17/h3-4,6-11H,2,5,12-16H2,1H3. The van der Waals surface area contributed by atoms with Gasteiger partial charge in [0.1, 0.15) is 11.6 Å². The van der Waals surface area contributed by atoms with Crippen molar-refractivity contribution in [2.75, 3.05) is 32.8 Å². The average molecular weight is 428 g/mol. The molecule has 2 aromatic rings. The van der Waals surface area contributed by atoms with Crippen molar-refractivity contribution in [3.8, 4) is 5.75 Å². The molecule has 0 bridgehead atoms. The zero-order valence-electron chi connectivity index (χ0n) is 17.4. The lowest BCUT2D eigenvalue weighted by Crippen LogP contribution is -2.50. The molecule has 1 aliphatic heterocycles. The van der Waals surface area contributed by atoms with Crippen LogP contribution in [0.2, 0.25) is 0 Å². The number of rotatable bonds is 6. The Morgan fingerprint density at radius 2 is 1.52 bits per heavy atom. The molecule has 0 aliphatic carbocycles. The highest BCUT2D eigenvalue weighted by molar-refractivity contribution is 5.94. The number of piperazine rings is 1.